The van der Waals surface area contributed by atoms with E-state index < -0.39 is 11.4 Å². The second-order valence-corrected chi connectivity index (χ2v) is 16.5. The number of oxime groups is 1. The lowest BCUT2D eigenvalue weighted by Gasteiger charge is -2.58. The van der Waals surface area contributed by atoms with Gasteiger partial charge in [0.1, 0.15) is 29.5 Å². The molecule has 3 aromatic carbocycles. The van der Waals surface area contributed by atoms with Gasteiger partial charge in [-0.1, -0.05) is 66.5 Å². The molecule has 1 heterocycles. The second kappa shape index (κ2) is 17.7. The summed E-state index contributed by atoms with van der Waals surface area (Å²) in [5.41, 5.74) is 2.97. The number of nitrogens with zero attached hydrogens (tertiary/aromatic N) is 1. The number of hydrogen-bond acceptors (Lipinski definition) is 8. The number of unbranched alkanes of at least 4 members (excludes halogenated alkanes) is 2. The van der Waals surface area contributed by atoms with Crippen LogP contribution in [0.25, 0.3) is 0 Å². The fourth-order valence-corrected chi connectivity index (χ4v) is 9.46. The molecule has 2 aliphatic carbocycles. The van der Waals surface area contributed by atoms with Crippen molar-refractivity contribution >= 4 is 17.5 Å². The van der Waals surface area contributed by atoms with E-state index in [2.05, 4.69) is 30.9 Å². The van der Waals surface area contributed by atoms with E-state index in [9.17, 15) is 14.6 Å². The van der Waals surface area contributed by atoms with Gasteiger partial charge in [0, 0.05) is 41.6 Å². The van der Waals surface area contributed by atoms with Crippen molar-refractivity contribution in [3.63, 3.8) is 0 Å². The fourth-order valence-electron chi connectivity index (χ4n) is 8.15. The lowest BCUT2D eigenvalue weighted by atomic mass is 9.56. The number of fused-ring (bicyclic) bond motifs is 2. The molecule has 53 heavy (non-hydrogen) atoms. The molecule has 0 radical (unpaired) electrons. The molecule has 6 rings (SSSR count). The monoisotopic (exact) mass is 743 g/mol. The summed E-state index contributed by atoms with van der Waals surface area (Å²) in [7, 11) is 0. The third kappa shape index (κ3) is 9.02. The molecule has 0 spiro atoms. The molecule has 1 fully saturated rings. The molecule has 2 N–H and O–H groups in total. The molecular weight excluding hydrogens is 690 g/mol. The van der Waals surface area contributed by atoms with Gasteiger partial charge >= 0.3 is 0 Å². The Morgan fingerprint density at radius 3 is 2.43 bits per heavy atom. The van der Waals surface area contributed by atoms with E-state index in [1.807, 2.05) is 57.2 Å². The van der Waals surface area contributed by atoms with E-state index in [1.54, 1.807) is 30.0 Å². The van der Waals surface area contributed by atoms with Crippen LogP contribution in [-0.2, 0) is 16.2 Å². The molecule has 0 saturated heterocycles. The van der Waals surface area contributed by atoms with Gasteiger partial charge in [-0.2, -0.15) is 0 Å². The van der Waals surface area contributed by atoms with Crippen LogP contribution in [0.2, 0.25) is 0 Å². The minimum atomic E-state index is -1.08. The van der Waals surface area contributed by atoms with Crippen LogP contribution in [0.4, 0.5) is 4.39 Å². The summed E-state index contributed by atoms with van der Waals surface area (Å²) >= 11 is 1.73. The van der Waals surface area contributed by atoms with E-state index >= 15 is 0 Å². The number of aliphatic hydroxyl groups is 2. The zero-order valence-corrected chi connectivity index (χ0v) is 32.0. The third-order valence-corrected chi connectivity index (χ3v) is 11.7. The van der Waals surface area contributed by atoms with Crippen molar-refractivity contribution in [3.05, 3.63) is 114 Å². The zero-order chi connectivity index (χ0) is 37.4. The van der Waals surface area contributed by atoms with Gasteiger partial charge in [-0.15, -0.1) is 18.3 Å². The predicted octanol–water partition coefficient (Wildman–Crippen LogP) is 9.63. The van der Waals surface area contributed by atoms with Gasteiger partial charge < -0.3 is 29.3 Å². The van der Waals surface area contributed by atoms with Crippen LogP contribution in [0.3, 0.4) is 0 Å². The Morgan fingerprint density at radius 1 is 0.981 bits per heavy atom. The van der Waals surface area contributed by atoms with E-state index in [4.69, 9.17) is 24.2 Å². The van der Waals surface area contributed by atoms with Gasteiger partial charge in [-0.25, -0.2) is 4.39 Å². The zero-order valence-electron chi connectivity index (χ0n) is 31.2. The Balaban J connectivity index is 1.54. The van der Waals surface area contributed by atoms with Crippen molar-refractivity contribution in [2.45, 2.75) is 99.8 Å². The summed E-state index contributed by atoms with van der Waals surface area (Å²) in [5.74, 6) is -0.0205. The summed E-state index contributed by atoms with van der Waals surface area (Å²) < 4.78 is 35.2. The minimum Gasteiger partial charge on any atom is -0.489 e. The van der Waals surface area contributed by atoms with Gasteiger partial charge in [-0.3, -0.25) is 0 Å². The van der Waals surface area contributed by atoms with Crippen molar-refractivity contribution in [2.75, 3.05) is 19.8 Å². The first kappa shape index (κ1) is 39.1. The van der Waals surface area contributed by atoms with Crippen LogP contribution in [0.15, 0.2) is 107 Å². The average molecular weight is 744 g/mol. The Kier molecular flexibility index (Phi) is 13.0. The van der Waals surface area contributed by atoms with Crippen molar-refractivity contribution in [3.8, 4) is 11.5 Å². The Morgan fingerprint density at radius 2 is 1.72 bits per heavy atom. The van der Waals surface area contributed by atoms with Crippen LogP contribution in [0.1, 0.15) is 82.8 Å². The topological polar surface area (TPSA) is 89.7 Å². The summed E-state index contributed by atoms with van der Waals surface area (Å²) in [6.07, 6.45) is 9.68. The molecule has 284 valence electrons. The van der Waals surface area contributed by atoms with Crippen molar-refractivity contribution < 1.29 is 33.7 Å². The van der Waals surface area contributed by atoms with Crippen LogP contribution < -0.4 is 9.47 Å². The van der Waals surface area contributed by atoms with Crippen LogP contribution in [0, 0.1) is 23.6 Å². The highest BCUT2D eigenvalue weighted by Crippen LogP contribution is 2.63. The maximum Gasteiger partial charge on any atom is 0.231 e. The van der Waals surface area contributed by atoms with E-state index in [1.165, 1.54) is 6.07 Å². The van der Waals surface area contributed by atoms with Crippen molar-refractivity contribution in [1.82, 2.24) is 0 Å². The first-order valence-electron chi connectivity index (χ1n) is 19.0. The summed E-state index contributed by atoms with van der Waals surface area (Å²) in [6.45, 7) is 10.7. The number of allylic oxidation sites excluding steroid dienone is 1. The number of ether oxygens (including phenoxy) is 3. The highest BCUT2D eigenvalue weighted by Gasteiger charge is 2.64. The quantitative estimate of drug-likeness (QED) is 0.0809. The van der Waals surface area contributed by atoms with Gasteiger partial charge in [0.05, 0.1) is 23.5 Å². The van der Waals surface area contributed by atoms with Crippen molar-refractivity contribution in [1.29, 1.82) is 0 Å². The molecular formula is C44H54FNO6S. The smallest absolute Gasteiger partial charge is 0.231 e. The SMILES string of the molecule is C=CCOC12Oc3ccc(OCc4ccccc4F)cc3C3C(CCCCO)C(CCCCO)C=C(C(=NOC(C)(C)C)CC1Sc1ccccc1)C32. The molecule has 3 aromatic rings. The first-order chi connectivity index (χ1) is 25.7. The number of aliphatic hydroxyl groups excluding tert-OH is 2. The molecule has 3 aliphatic rings. The summed E-state index contributed by atoms with van der Waals surface area (Å²) in [6, 6.07) is 22.9. The average Bonchev–Trinajstić information content (AvgIpc) is 3.15. The molecule has 0 amide bonds. The van der Waals surface area contributed by atoms with Gasteiger partial charge in [0.2, 0.25) is 5.79 Å². The highest BCUT2D eigenvalue weighted by atomic mass is 32.2. The maximum atomic E-state index is 14.6. The minimum absolute atomic E-state index is 0.0718. The van der Waals surface area contributed by atoms with Crippen molar-refractivity contribution in [2.24, 2.45) is 22.9 Å². The maximum absolute atomic E-state index is 14.6. The van der Waals surface area contributed by atoms with Gasteiger partial charge in [0.15, 0.2) is 0 Å². The molecule has 1 saturated carbocycles. The molecule has 6 unspecified atom stereocenters. The normalized spacial score (nSPS) is 25.5. The molecule has 0 bridgehead atoms. The number of thioether (sulfide) groups is 1. The van der Waals surface area contributed by atoms with Crippen LogP contribution in [0.5, 0.6) is 11.5 Å². The van der Waals surface area contributed by atoms with E-state index in [-0.39, 0.29) is 54.6 Å². The summed E-state index contributed by atoms with van der Waals surface area (Å²) in [5, 5.41) is 24.4. The molecule has 1 aliphatic heterocycles. The standard InChI is InChI=1S/C44H54FNO6S/c1-5-25-50-44-40(53-33-17-7-6-8-18-33)28-38(46-52-43(2,3)4)35-26-30(15-11-13-23-47)34(19-12-14-24-48)41(42(35)44)36-27-32(21-22-39(36)51-44)49-29-31-16-9-10-20-37(31)45/h5-10,16-18,20-22,26-27,30,34,40-42,47-48H,1,11-15,19,23-25,28-29H2,2-4H3. The predicted molar refractivity (Wildman–Crippen MR) is 209 cm³/mol. The number of benzene rings is 3. The first-order valence-corrected chi connectivity index (χ1v) is 19.9. The molecule has 6 atom stereocenters. The lowest BCUT2D eigenvalue weighted by molar-refractivity contribution is -0.223. The number of halogens is 1. The Labute approximate surface area is 318 Å². The Hall–Kier alpha value is -3.63. The summed E-state index contributed by atoms with van der Waals surface area (Å²) in [4.78, 5) is 7.29. The highest BCUT2D eigenvalue weighted by molar-refractivity contribution is 8.00. The molecule has 9 heteroatoms. The third-order valence-electron chi connectivity index (χ3n) is 10.4. The molecule has 0 aromatic heterocycles. The molecule has 7 nitrogen and oxygen atoms in total. The van der Waals surface area contributed by atoms with Gasteiger partial charge in [-0.05, 0) is 100 Å². The lowest BCUT2D eigenvalue weighted by Crippen LogP contribution is -2.64. The Bertz CT molecular complexity index is 1740. The van der Waals surface area contributed by atoms with E-state index in [0.717, 1.165) is 59.6 Å². The van der Waals surface area contributed by atoms with E-state index in [0.29, 0.717) is 30.8 Å². The largest absolute Gasteiger partial charge is 0.489 e. The second-order valence-electron chi connectivity index (χ2n) is 15.3. The van der Waals surface area contributed by atoms with Crippen LogP contribution >= 0.6 is 11.8 Å². The number of hydrogen-bond donors (Lipinski definition) is 2. The van der Waals surface area contributed by atoms with Crippen LogP contribution in [-0.4, -0.2) is 52.4 Å². The number of rotatable bonds is 17. The fraction of sp³-hybridized carbons (Fsp3) is 0.477. The van der Waals surface area contributed by atoms with Gasteiger partial charge in [0.25, 0.3) is 0 Å².